The van der Waals surface area contributed by atoms with Crippen LogP contribution in [0, 0.1) is 5.92 Å². The number of nitrogens with one attached hydrogen (secondary N) is 1. The van der Waals surface area contributed by atoms with Crippen molar-refractivity contribution in [1.29, 1.82) is 0 Å². The Morgan fingerprint density at radius 3 is 2.70 bits per heavy atom. The standard InChI is InChI=1S/C7H13NOS/c1-5(2)6-7(10-3)9-4-8-6/h5,8H,4H2,1-3H3. The summed E-state index contributed by atoms with van der Waals surface area (Å²) in [5, 5.41) is 4.24. The van der Waals surface area contributed by atoms with Gasteiger partial charge in [0.1, 0.15) is 0 Å². The SMILES string of the molecule is CSC1=C(C(C)C)NCO1. The highest BCUT2D eigenvalue weighted by Crippen LogP contribution is 2.25. The average molecular weight is 159 g/mol. The first-order valence-electron chi connectivity index (χ1n) is 3.40. The smallest absolute Gasteiger partial charge is 0.174 e. The molecule has 1 rings (SSSR count). The summed E-state index contributed by atoms with van der Waals surface area (Å²) >= 11 is 1.66. The van der Waals surface area contributed by atoms with Gasteiger partial charge in [-0.15, -0.1) is 0 Å². The van der Waals surface area contributed by atoms with Gasteiger partial charge in [-0.1, -0.05) is 25.6 Å². The van der Waals surface area contributed by atoms with Gasteiger partial charge in [-0.05, 0) is 12.2 Å². The summed E-state index contributed by atoms with van der Waals surface area (Å²) in [5.41, 5.74) is 1.24. The van der Waals surface area contributed by atoms with Crippen molar-refractivity contribution < 1.29 is 4.74 Å². The van der Waals surface area contributed by atoms with Crippen LogP contribution in [0.5, 0.6) is 0 Å². The highest BCUT2D eigenvalue weighted by atomic mass is 32.2. The number of rotatable bonds is 2. The molecule has 0 fully saturated rings. The largest absolute Gasteiger partial charge is 0.465 e. The maximum atomic E-state index is 5.31. The van der Waals surface area contributed by atoms with E-state index < -0.39 is 0 Å². The molecule has 0 spiro atoms. The number of hydrogen-bond donors (Lipinski definition) is 1. The summed E-state index contributed by atoms with van der Waals surface area (Å²) in [6.45, 7) is 4.96. The third-order valence-corrected chi connectivity index (χ3v) is 2.16. The molecule has 1 heterocycles. The predicted octanol–water partition coefficient (Wildman–Crippen LogP) is 1.75. The number of hydrogen-bond acceptors (Lipinski definition) is 3. The van der Waals surface area contributed by atoms with Crippen LogP contribution in [0.25, 0.3) is 0 Å². The van der Waals surface area contributed by atoms with Gasteiger partial charge in [-0.25, -0.2) is 0 Å². The molecule has 0 atom stereocenters. The third kappa shape index (κ3) is 1.40. The Kier molecular flexibility index (Phi) is 2.49. The van der Waals surface area contributed by atoms with Crippen LogP contribution in [-0.2, 0) is 4.74 Å². The Morgan fingerprint density at radius 2 is 2.30 bits per heavy atom. The van der Waals surface area contributed by atoms with Crippen LogP contribution in [0.4, 0.5) is 0 Å². The monoisotopic (exact) mass is 159 g/mol. The Hall–Kier alpha value is -0.310. The van der Waals surface area contributed by atoms with Gasteiger partial charge in [0.05, 0.1) is 5.70 Å². The highest BCUT2D eigenvalue weighted by Gasteiger charge is 2.16. The van der Waals surface area contributed by atoms with Crippen LogP contribution >= 0.6 is 11.8 Å². The van der Waals surface area contributed by atoms with Gasteiger partial charge in [-0.3, -0.25) is 0 Å². The molecule has 1 aliphatic rings. The van der Waals surface area contributed by atoms with E-state index in [9.17, 15) is 0 Å². The maximum Gasteiger partial charge on any atom is 0.174 e. The van der Waals surface area contributed by atoms with Crippen molar-refractivity contribution in [3.8, 4) is 0 Å². The number of ether oxygens (including phenoxy) is 1. The van der Waals surface area contributed by atoms with E-state index in [-0.39, 0.29) is 0 Å². The van der Waals surface area contributed by atoms with Gasteiger partial charge in [0.2, 0.25) is 0 Å². The fraction of sp³-hybridized carbons (Fsp3) is 0.714. The van der Waals surface area contributed by atoms with Crippen LogP contribution in [0.15, 0.2) is 10.8 Å². The van der Waals surface area contributed by atoms with E-state index >= 15 is 0 Å². The van der Waals surface area contributed by atoms with E-state index in [1.54, 1.807) is 11.8 Å². The molecule has 0 unspecified atom stereocenters. The van der Waals surface area contributed by atoms with E-state index in [0.29, 0.717) is 12.6 Å². The maximum absolute atomic E-state index is 5.31. The van der Waals surface area contributed by atoms with Crippen molar-refractivity contribution in [3.63, 3.8) is 0 Å². The van der Waals surface area contributed by atoms with Crippen LogP contribution < -0.4 is 5.32 Å². The predicted molar refractivity (Wildman–Crippen MR) is 44.5 cm³/mol. The Labute approximate surface area is 66.0 Å². The summed E-state index contributed by atoms with van der Waals surface area (Å²) in [7, 11) is 0. The zero-order valence-corrected chi connectivity index (χ0v) is 7.42. The minimum atomic E-state index is 0.546. The lowest BCUT2D eigenvalue weighted by atomic mass is 10.2. The fourth-order valence-electron chi connectivity index (χ4n) is 0.938. The van der Waals surface area contributed by atoms with E-state index in [2.05, 4.69) is 19.2 Å². The minimum Gasteiger partial charge on any atom is -0.465 e. The molecular formula is C7H13NOS. The molecule has 3 heteroatoms. The number of thioether (sulfide) groups is 1. The summed E-state index contributed by atoms with van der Waals surface area (Å²) < 4.78 is 5.31. The van der Waals surface area contributed by atoms with E-state index in [4.69, 9.17) is 4.74 Å². The molecule has 0 saturated heterocycles. The summed E-state index contributed by atoms with van der Waals surface area (Å²) in [5.74, 6) is 0.546. The second-order valence-electron chi connectivity index (χ2n) is 2.53. The summed E-state index contributed by atoms with van der Waals surface area (Å²) in [4.78, 5) is 0. The lowest BCUT2D eigenvalue weighted by molar-refractivity contribution is 0.257. The van der Waals surface area contributed by atoms with Gasteiger partial charge in [0, 0.05) is 0 Å². The fourth-order valence-corrected chi connectivity index (χ4v) is 1.64. The highest BCUT2D eigenvalue weighted by molar-refractivity contribution is 8.02. The molecule has 0 aromatic heterocycles. The zero-order chi connectivity index (χ0) is 7.56. The minimum absolute atomic E-state index is 0.546. The Bertz CT molecular complexity index is 154. The normalized spacial score (nSPS) is 17.6. The zero-order valence-electron chi connectivity index (χ0n) is 6.60. The van der Waals surface area contributed by atoms with Crippen LogP contribution in [0.1, 0.15) is 13.8 Å². The average Bonchev–Trinajstić information content (AvgIpc) is 2.33. The Morgan fingerprint density at radius 1 is 1.60 bits per heavy atom. The van der Waals surface area contributed by atoms with Crippen molar-refractivity contribution in [2.45, 2.75) is 13.8 Å². The topological polar surface area (TPSA) is 21.3 Å². The van der Waals surface area contributed by atoms with Crippen molar-refractivity contribution in [2.75, 3.05) is 13.0 Å². The van der Waals surface area contributed by atoms with E-state index in [1.807, 2.05) is 6.26 Å². The van der Waals surface area contributed by atoms with Crippen LogP contribution in [-0.4, -0.2) is 13.0 Å². The molecule has 0 aliphatic carbocycles. The molecule has 0 saturated carbocycles. The van der Waals surface area contributed by atoms with Crippen molar-refractivity contribution in [3.05, 3.63) is 10.8 Å². The lowest BCUT2D eigenvalue weighted by Crippen LogP contribution is -2.12. The molecule has 1 N–H and O–H groups in total. The molecule has 0 amide bonds. The van der Waals surface area contributed by atoms with Crippen molar-refractivity contribution in [2.24, 2.45) is 5.92 Å². The molecule has 1 aliphatic heterocycles. The molecular weight excluding hydrogens is 146 g/mol. The van der Waals surface area contributed by atoms with Crippen molar-refractivity contribution in [1.82, 2.24) is 5.32 Å². The first-order valence-corrected chi connectivity index (χ1v) is 4.63. The first-order chi connectivity index (χ1) is 4.75. The summed E-state index contributed by atoms with van der Waals surface area (Å²) in [6.07, 6.45) is 2.03. The van der Waals surface area contributed by atoms with Crippen molar-refractivity contribution >= 4 is 11.8 Å². The van der Waals surface area contributed by atoms with E-state index in [0.717, 1.165) is 5.09 Å². The molecule has 58 valence electrons. The Balaban J connectivity index is 2.68. The number of allylic oxidation sites excluding steroid dienone is 1. The first kappa shape index (κ1) is 7.79. The van der Waals surface area contributed by atoms with Gasteiger partial charge in [0.25, 0.3) is 0 Å². The molecule has 0 aromatic carbocycles. The molecule has 2 nitrogen and oxygen atoms in total. The summed E-state index contributed by atoms with van der Waals surface area (Å²) in [6, 6.07) is 0. The van der Waals surface area contributed by atoms with Crippen LogP contribution in [0.2, 0.25) is 0 Å². The van der Waals surface area contributed by atoms with Gasteiger partial charge >= 0.3 is 0 Å². The van der Waals surface area contributed by atoms with Crippen LogP contribution in [0.3, 0.4) is 0 Å². The molecule has 0 aromatic rings. The quantitative estimate of drug-likeness (QED) is 0.663. The second kappa shape index (κ2) is 3.19. The molecule has 10 heavy (non-hydrogen) atoms. The third-order valence-electron chi connectivity index (χ3n) is 1.45. The molecule has 0 radical (unpaired) electrons. The van der Waals surface area contributed by atoms with E-state index in [1.165, 1.54) is 5.70 Å². The second-order valence-corrected chi connectivity index (χ2v) is 3.30. The van der Waals surface area contributed by atoms with Gasteiger partial charge in [-0.2, -0.15) is 0 Å². The molecule has 0 bridgehead atoms. The lowest BCUT2D eigenvalue weighted by Gasteiger charge is -2.05. The van der Waals surface area contributed by atoms with Gasteiger partial charge in [0.15, 0.2) is 11.8 Å². The van der Waals surface area contributed by atoms with Gasteiger partial charge < -0.3 is 10.1 Å².